The third kappa shape index (κ3) is 4.42. The quantitative estimate of drug-likeness (QED) is 0.770. The molecular weight excluding hydrogens is 263 g/mol. The summed E-state index contributed by atoms with van der Waals surface area (Å²) in [7, 11) is 0. The summed E-state index contributed by atoms with van der Waals surface area (Å²) in [6.45, 7) is 1.89. The van der Waals surface area contributed by atoms with Gasteiger partial charge in [-0.2, -0.15) is 0 Å². The minimum atomic E-state index is -0.396. The summed E-state index contributed by atoms with van der Waals surface area (Å²) in [5.41, 5.74) is 0. The maximum Gasteiger partial charge on any atom is 0.166 e. The van der Waals surface area contributed by atoms with Crippen LogP contribution in [0.15, 0.2) is 22.7 Å². The Balaban J connectivity index is 2.40. The van der Waals surface area contributed by atoms with Crippen LogP contribution in [0.3, 0.4) is 0 Å². The van der Waals surface area contributed by atoms with Gasteiger partial charge in [-0.25, -0.2) is 4.39 Å². The Kier molecular flexibility index (Phi) is 4.75. The molecule has 1 aromatic rings. The molecule has 0 aliphatic rings. The van der Waals surface area contributed by atoms with Crippen LogP contribution in [0.4, 0.5) is 4.39 Å². The zero-order valence-electron chi connectivity index (χ0n) is 8.43. The van der Waals surface area contributed by atoms with Gasteiger partial charge in [0.15, 0.2) is 11.6 Å². The van der Waals surface area contributed by atoms with Crippen LogP contribution in [0.25, 0.3) is 0 Å². The molecule has 15 heavy (non-hydrogen) atoms. The van der Waals surface area contributed by atoms with E-state index in [1.54, 1.807) is 12.1 Å². The van der Waals surface area contributed by atoms with Gasteiger partial charge in [0.25, 0.3) is 0 Å². The lowest BCUT2D eigenvalue weighted by molar-refractivity contribution is -0.117. The summed E-state index contributed by atoms with van der Waals surface area (Å²) >= 11 is 3.16. The third-order valence-corrected chi connectivity index (χ3v) is 2.32. The van der Waals surface area contributed by atoms with Crippen molar-refractivity contribution >= 4 is 21.7 Å². The fourth-order valence-electron chi connectivity index (χ4n) is 1.10. The van der Waals surface area contributed by atoms with Crippen LogP contribution in [-0.4, -0.2) is 12.4 Å². The first-order valence-corrected chi connectivity index (χ1v) is 5.46. The minimum absolute atomic E-state index is 0.120. The van der Waals surface area contributed by atoms with Gasteiger partial charge in [0.1, 0.15) is 5.78 Å². The zero-order chi connectivity index (χ0) is 11.3. The first-order valence-electron chi connectivity index (χ1n) is 4.67. The Labute approximate surface area is 96.6 Å². The lowest BCUT2D eigenvalue weighted by Crippen LogP contribution is -2.01. The first kappa shape index (κ1) is 12.2. The van der Waals surface area contributed by atoms with Crippen molar-refractivity contribution in [3.05, 3.63) is 28.5 Å². The average molecular weight is 275 g/mol. The molecule has 0 saturated carbocycles. The van der Waals surface area contributed by atoms with E-state index < -0.39 is 5.82 Å². The van der Waals surface area contributed by atoms with Crippen LogP contribution in [0, 0.1) is 5.82 Å². The van der Waals surface area contributed by atoms with Gasteiger partial charge in [-0.3, -0.25) is 0 Å². The van der Waals surface area contributed by atoms with Crippen molar-refractivity contribution in [2.45, 2.75) is 19.8 Å². The fraction of sp³-hybridized carbons (Fsp3) is 0.364. The van der Waals surface area contributed by atoms with Gasteiger partial charge in [-0.15, -0.1) is 0 Å². The normalized spacial score (nSPS) is 10.1. The fourth-order valence-corrected chi connectivity index (χ4v) is 1.43. The number of ketones is 1. The molecule has 4 heteroatoms. The molecule has 0 heterocycles. The third-order valence-electron chi connectivity index (χ3n) is 1.82. The van der Waals surface area contributed by atoms with E-state index in [9.17, 15) is 9.18 Å². The van der Waals surface area contributed by atoms with Crippen molar-refractivity contribution in [3.8, 4) is 5.75 Å². The Morgan fingerprint density at radius 1 is 1.53 bits per heavy atom. The summed E-state index contributed by atoms with van der Waals surface area (Å²) in [4.78, 5) is 10.6. The van der Waals surface area contributed by atoms with Crippen LogP contribution in [0.1, 0.15) is 19.8 Å². The molecule has 1 aromatic carbocycles. The number of benzene rings is 1. The van der Waals surface area contributed by atoms with Crippen LogP contribution in [-0.2, 0) is 4.79 Å². The van der Waals surface area contributed by atoms with E-state index in [1.165, 1.54) is 13.0 Å². The van der Waals surface area contributed by atoms with Crippen molar-refractivity contribution < 1.29 is 13.9 Å². The highest BCUT2D eigenvalue weighted by Crippen LogP contribution is 2.21. The van der Waals surface area contributed by atoms with Crippen LogP contribution < -0.4 is 4.74 Å². The molecule has 0 spiro atoms. The highest BCUT2D eigenvalue weighted by molar-refractivity contribution is 9.10. The second-order valence-electron chi connectivity index (χ2n) is 3.23. The Morgan fingerprint density at radius 2 is 2.27 bits per heavy atom. The topological polar surface area (TPSA) is 26.3 Å². The van der Waals surface area contributed by atoms with Crippen LogP contribution in [0.2, 0.25) is 0 Å². The number of carbonyl (C=O) groups excluding carboxylic acids is 1. The van der Waals surface area contributed by atoms with Gasteiger partial charge in [-0.05, 0) is 31.5 Å². The molecule has 0 aliphatic carbocycles. The molecule has 2 nitrogen and oxygen atoms in total. The summed E-state index contributed by atoms with van der Waals surface area (Å²) in [5.74, 6) is -0.0520. The number of Topliss-reactive ketones (excluding diaryl/α,β-unsaturated/α-hetero) is 1. The van der Waals surface area contributed by atoms with Crippen molar-refractivity contribution in [3.63, 3.8) is 0 Å². The highest BCUT2D eigenvalue weighted by Gasteiger charge is 2.03. The summed E-state index contributed by atoms with van der Waals surface area (Å²) < 4.78 is 19.1. The lowest BCUT2D eigenvalue weighted by atomic mass is 10.2. The molecule has 0 aromatic heterocycles. The van der Waals surface area contributed by atoms with E-state index in [2.05, 4.69) is 15.9 Å². The van der Waals surface area contributed by atoms with Gasteiger partial charge < -0.3 is 9.53 Å². The summed E-state index contributed by atoms with van der Waals surface area (Å²) in [6.07, 6.45) is 1.09. The first-order chi connectivity index (χ1) is 7.09. The molecule has 82 valence electrons. The number of ether oxygens (including phenoxy) is 1. The smallest absolute Gasteiger partial charge is 0.166 e. The van der Waals surface area contributed by atoms with E-state index in [0.29, 0.717) is 23.9 Å². The maximum absolute atomic E-state index is 13.2. The minimum Gasteiger partial charge on any atom is -0.491 e. The van der Waals surface area contributed by atoms with E-state index in [4.69, 9.17) is 4.74 Å². The number of halogens is 2. The van der Waals surface area contributed by atoms with Gasteiger partial charge in [-0.1, -0.05) is 15.9 Å². The molecule has 0 saturated heterocycles. The SMILES string of the molecule is CC(=O)CCCOc1ccc(Br)cc1F. The number of rotatable bonds is 5. The van der Waals surface area contributed by atoms with Gasteiger partial charge in [0.05, 0.1) is 6.61 Å². The monoisotopic (exact) mass is 274 g/mol. The Morgan fingerprint density at radius 3 is 2.87 bits per heavy atom. The second kappa shape index (κ2) is 5.85. The van der Waals surface area contributed by atoms with Gasteiger partial charge >= 0.3 is 0 Å². The van der Waals surface area contributed by atoms with Crippen LogP contribution in [0.5, 0.6) is 5.75 Å². The number of hydrogen-bond acceptors (Lipinski definition) is 2. The van der Waals surface area contributed by atoms with Crippen molar-refractivity contribution in [2.75, 3.05) is 6.61 Å². The van der Waals surface area contributed by atoms with E-state index in [0.717, 1.165) is 0 Å². The van der Waals surface area contributed by atoms with Crippen molar-refractivity contribution in [1.29, 1.82) is 0 Å². The highest BCUT2D eigenvalue weighted by atomic mass is 79.9. The Bertz CT molecular complexity index is 352. The number of hydrogen-bond donors (Lipinski definition) is 0. The molecule has 0 fully saturated rings. The molecule has 0 unspecified atom stereocenters. The molecule has 0 aliphatic heterocycles. The molecule has 0 radical (unpaired) electrons. The standard InChI is InChI=1S/C11H12BrFO2/c1-8(14)3-2-6-15-11-5-4-9(12)7-10(11)13/h4-5,7H,2-3,6H2,1H3. The summed E-state index contributed by atoms with van der Waals surface area (Å²) in [5, 5.41) is 0. The molecular formula is C11H12BrFO2. The predicted octanol–water partition coefficient (Wildman–Crippen LogP) is 3.34. The summed E-state index contributed by atoms with van der Waals surface area (Å²) in [6, 6.07) is 4.62. The maximum atomic E-state index is 13.2. The number of carbonyl (C=O) groups is 1. The molecule has 0 bridgehead atoms. The van der Waals surface area contributed by atoms with E-state index >= 15 is 0 Å². The molecule has 0 atom stereocenters. The molecule has 1 rings (SSSR count). The van der Waals surface area contributed by atoms with Crippen molar-refractivity contribution in [2.24, 2.45) is 0 Å². The molecule has 0 N–H and O–H groups in total. The van der Waals surface area contributed by atoms with E-state index in [1.807, 2.05) is 0 Å². The van der Waals surface area contributed by atoms with Gasteiger partial charge in [0.2, 0.25) is 0 Å². The largest absolute Gasteiger partial charge is 0.491 e. The van der Waals surface area contributed by atoms with Crippen LogP contribution >= 0.6 is 15.9 Å². The van der Waals surface area contributed by atoms with E-state index in [-0.39, 0.29) is 11.5 Å². The zero-order valence-corrected chi connectivity index (χ0v) is 10.0. The van der Waals surface area contributed by atoms with Crippen molar-refractivity contribution in [1.82, 2.24) is 0 Å². The predicted molar refractivity (Wildman–Crippen MR) is 59.5 cm³/mol. The molecule has 0 amide bonds. The average Bonchev–Trinajstić information content (AvgIpc) is 2.14. The lowest BCUT2D eigenvalue weighted by Gasteiger charge is -2.06. The van der Waals surface area contributed by atoms with Gasteiger partial charge in [0, 0.05) is 10.9 Å². The Hall–Kier alpha value is -0.900. The second-order valence-corrected chi connectivity index (χ2v) is 4.14.